The molecule has 0 radical (unpaired) electrons. The van der Waals surface area contributed by atoms with Crippen molar-refractivity contribution < 1.29 is 29.0 Å². The number of amides is 2. The second-order valence-corrected chi connectivity index (χ2v) is 8.93. The Bertz CT molecular complexity index is 974. The molecule has 1 atom stereocenters. The largest absolute Gasteiger partial charge is 0.481 e. The highest BCUT2D eigenvalue weighted by Crippen LogP contribution is 2.44. The predicted molar refractivity (Wildman–Crippen MR) is 123 cm³/mol. The van der Waals surface area contributed by atoms with E-state index in [2.05, 4.69) is 22.8 Å². The van der Waals surface area contributed by atoms with Crippen molar-refractivity contribution >= 4 is 18.0 Å². The zero-order valence-corrected chi connectivity index (χ0v) is 19.1. The van der Waals surface area contributed by atoms with Gasteiger partial charge < -0.3 is 25.2 Å². The quantitative estimate of drug-likeness (QED) is 0.508. The number of methoxy groups -OCH3 is 1. The van der Waals surface area contributed by atoms with Crippen LogP contribution in [0.5, 0.6) is 0 Å². The molecule has 0 unspecified atom stereocenters. The van der Waals surface area contributed by atoms with Crippen molar-refractivity contribution in [2.75, 3.05) is 26.9 Å². The van der Waals surface area contributed by atoms with E-state index in [4.69, 9.17) is 14.6 Å². The van der Waals surface area contributed by atoms with Crippen molar-refractivity contribution in [1.29, 1.82) is 0 Å². The van der Waals surface area contributed by atoms with Gasteiger partial charge in [-0.2, -0.15) is 0 Å². The number of carbonyl (C=O) groups excluding carboxylic acids is 2. The molecule has 0 bridgehead atoms. The zero-order chi connectivity index (χ0) is 24.0. The average Bonchev–Trinajstić information content (AvgIpc) is 3.09. The summed E-state index contributed by atoms with van der Waals surface area (Å²) in [5.74, 6) is -1.50. The van der Waals surface area contributed by atoms with Gasteiger partial charge in [-0.15, -0.1) is 0 Å². The van der Waals surface area contributed by atoms with Gasteiger partial charge in [0, 0.05) is 19.6 Å². The number of nitrogens with one attached hydrogen (secondary N) is 2. The number of rotatable bonds is 10. The normalized spacial score (nSPS) is 13.5. The number of benzene rings is 2. The molecule has 0 spiro atoms. The van der Waals surface area contributed by atoms with Crippen molar-refractivity contribution in [1.82, 2.24) is 10.6 Å². The molecule has 3 N–H and O–H groups in total. The third-order valence-electron chi connectivity index (χ3n) is 5.66. The lowest BCUT2D eigenvalue weighted by Crippen LogP contribution is -2.51. The van der Waals surface area contributed by atoms with Crippen LogP contribution in [0.3, 0.4) is 0 Å². The maximum Gasteiger partial charge on any atom is 0.407 e. The molecule has 8 heteroatoms. The van der Waals surface area contributed by atoms with Gasteiger partial charge in [-0.1, -0.05) is 62.4 Å². The van der Waals surface area contributed by atoms with Crippen LogP contribution in [0.15, 0.2) is 48.5 Å². The highest BCUT2D eigenvalue weighted by molar-refractivity contribution is 5.86. The summed E-state index contributed by atoms with van der Waals surface area (Å²) < 4.78 is 10.6. The van der Waals surface area contributed by atoms with Crippen LogP contribution >= 0.6 is 0 Å². The summed E-state index contributed by atoms with van der Waals surface area (Å²) in [4.78, 5) is 36.1. The van der Waals surface area contributed by atoms with Gasteiger partial charge >= 0.3 is 12.1 Å². The second-order valence-electron chi connectivity index (χ2n) is 8.93. The Morgan fingerprint density at radius 3 is 2.15 bits per heavy atom. The Hall–Kier alpha value is -3.39. The first kappa shape index (κ1) is 24.3. The SMILES string of the molecule is COC[C@H](NC(=O)OCC1c2ccccc2-c2ccccc21)C(=O)NCC(C)(C)CC(=O)O. The van der Waals surface area contributed by atoms with E-state index in [1.807, 2.05) is 36.4 Å². The molecule has 8 nitrogen and oxygen atoms in total. The first-order chi connectivity index (χ1) is 15.7. The molecule has 176 valence electrons. The number of aliphatic carboxylic acids is 1. The maximum atomic E-state index is 12.6. The summed E-state index contributed by atoms with van der Waals surface area (Å²) in [5, 5.41) is 14.2. The molecule has 0 aliphatic heterocycles. The van der Waals surface area contributed by atoms with Gasteiger partial charge in [-0.05, 0) is 27.7 Å². The summed E-state index contributed by atoms with van der Waals surface area (Å²) in [6, 6.07) is 15.1. The van der Waals surface area contributed by atoms with Gasteiger partial charge in [0.2, 0.25) is 5.91 Å². The number of fused-ring (bicyclic) bond motifs is 3. The molecule has 0 aromatic heterocycles. The van der Waals surface area contributed by atoms with E-state index in [1.165, 1.54) is 7.11 Å². The maximum absolute atomic E-state index is 12.6. The van der Waals surface area contributed by atoms with E-state index in [0.717, 1.165) is 22.3 Å². The molecule has 1 aliphatic carbocycles. The van der Waals surface area contributed by atoms with E-state index in [-0.39, 0.29) is 32.1 Å². The Morgan fingerprint density at radius 2 is 1.61 bits per heavy atom. The number of alkyl carbamates (subject to hydrolysis) is 1. The smallest absolute Gasteiger partial charge is 0.407 e. The summed E-state index contributed by atoms with van der Waals surface area (Å²) in [7, 11) is 1.42. The Morgan fingerprint density at radius 1 is 1.03 bits per heavy atom. The van der Waals surface area contributed by atoms with Crippen molar-refractivity contribution in [3.8, 4) is 11.1 Å². The fraction of sp³-hybridized carbons (Fsp3) is 0.400. The molecular weight excluding hydrogens is 424 g/mol. The van der Waals surface area contributed by atoms with E-state index in [0.29, 0.717) is 0 Å². The van der Waals surface area contributed by atoms with Gasteiger partial charge in [0.25, 0.3) is 0 Å². The fourth-order valence-corrected chi connectivity index (χ4v) is 4.05. The van der Waals surface area contributed by atoms with Gasteiger partial charge in [-0.25, -0.2) is 4.79 Å². The minimum Gasteiger partial charge on any atom is -0.481 e. The van der Waals surface area contributed by atoms with Crippen LogP contribution < -0.4 is 10.6 Å². The molecule has 0 fully saturated rings. The Kier molecular flexibility index (Phi) is 7.71. The first-order valence-corrected chi connectivity index (χ1v) is 10.8. The van der Waals surface area contributed by atoms with E-state index in [9.17, 15) is 14.4 Å². The molecule has 2 aromatic rings. The van der Waals surface area contributed by atoms with Crippen molar-refractivity contribution in [2.24, 2.45) is 5.41 Å². The zero-order valence-electron chi connectivity index (χ0n) is 19.1. The van der Waals surface area contributed by atoms with E-state index in [1.54, 1.807) is 13.8 Å². The predicted octanol–water partition coefficient (Wildman–Crippen LogP) is 3.16. The number of hydrogen-bond acceptors (Lipinski definition) is 5. The summed E-state index contributed by atoms with van der Waals surface area (Å²) in [5.41, 5.74) is 3.81. The third-order valence-corrected chi connectivity index (χ3v) is 5.66. The van der Waals surface area contributed by atoms with Gasteiger partial charge in [0.15, 0.2) is 0 Å². The topological polar surface area (TPSA) is 114 Å². The first-order valence-electron chi connectivity index (χ1n) is 10.8. The number of carboxylic acid groups (broad SMARTS) is 1. The molecular formula is C25H30N2O6. The summed E-state index contributed by atoms with van der Waals surface area (Å²) in [6.07, 6.45) is -0.818. The number of ether oxygens (including phenoxy) is 2. The van der Waals surface area contributed by atoms with Crippen LogP contribution in [0.1, 0.15) is 37.3 Å². The molecule has 33 heavy (non-hydrogen) atoms. The van der Waals surface area contributed by atoms with Crippen LogP contribution in [0.25, 0.3) is 11.1 Å². The Labute approximate surface area is 193 Å². The lowest BCUT2D eigenvalue weighted by atomic mass is 9.89. The average molecular weight is 455 g/mol. The highest BCUT2D eigenvalue weighted by Gasteiger charge is 2.30. The monoisotopic (exact) mass is 454 g/mol. The Balaban J connectivity index is 1.59. The molecule has 0 saturated carbocycles. The number of hydrogen-bond donors (Lipinski definition) is 3. The van der Waals surface area contributed by atoms with Crippen molar-refractivity contribution in [3.63, 3.8) is 0 Å². The van der Waals surface area contributed by atoms with Crippen LogP contribution in [0.2, 0.25) is 0 Å². The molecule has 2 aromatic carbocycles. The minimum absolute atomic E-state index is 0.0462. The molecule has 1 aliphatic rings. The molecule has 2 amide bonds. The van der Waals surface area contributed by atoms with Crippen molar-refractivity contribution in [3.05, 3.63) is 59.7 Å². The number of carbonyl (C=O) groups is 3. The molecule has 3 rings (SSSR count). The minimum atomic E-state index is -0.966. The van der Waals surface area contributed by atoms with Gasteiger partial charge in [-0.3, -0.25) is 9.59 Å². The van der Waals surface area contributed by atoms with E-state index < -0.39 is 29.4 Å². The lowest BCUT2D eigenvalue weighted by molar-refractivity contribution is -0.139. The molecule has 0 heterocycles. The number of carboxylic acids is 1. The summed E-state index contributed by atoms with van der Waals surface area (Å²) in [6.45, 7) is 3.71. The van der Waals surface area contributed by atoms with Crippen molar-refractivity contribution in [2.45, 2.75) is 32.2 Å². The van der Waals surface area contributed by atoms with E-state index >= 15 is 0 Å². The summed E-state index contributed by atoms with van der Waals surface area (Å²) >= 11 is 0. The standard InChI is InChI=1S/C25H30N2O6/c1-25(2,12-22(28)29)15-26-23(30)21(14-32-3)27-24(31)33-13-20-18-10-6-4-8-16(18)17-9-5-7-11-19(17)20/h4-11,20-21H,12-15H2,1-3H3,(H,26,30)(H,27,31)(H,28,29)/t21-/m0/s1. The van der Waals surface area contributed by atoms with Crippen LogP contribution in [0, 0.1) is 5.41 Å². The third kappa shape index (κ3) is 6.10. The van der Waals surface area contributed by atoms with Gasteiger partial charge in [0.1, 0.15) is 12.6 Å². The molecule has 0 saturated heterocycles. The lowest BCUT2D eigenvalue weighted by Gasteiger charge is -2.25. The van der Waals surface area contributed by atoms with Crippen LogP contribution in [-0.2, 0) is 19.1 Å². The second kappa shape index (κ2) is 10.5. The van der Waals surface area contributed by atoms with Crippen LogP contribution in [0.4, 0.5) is 4.79 Å². The highest BCUT2D eigenvalue weighted by atomic mass is 16.5. The van der Waals surface area contributed by atoms with Gasteiger partial charge in [0.05, 0.1) is 13.0 Å². The fourth-order valence-electron chi connectivity index (χ4n) is 4.05. The van der Waals surface area contributed by atoms with Crippen LogP contribution in [-0.4, -0.2) is 56.0 Å².